The molecule has 0 spiro atoms. The van der Waals surface area contributed by atoms with E-state index in [1.807, 2.05) is 12.1 Å². The molecule has 1 atom stereocenters. The van der Waals surface area contributed by atoms with Crippen LogP contribution in [0.15, 0.2) is 46.1 Å². The number of aromatic nitrogens is 1. The highest BCUT2D eigenvalue weighted by atomic mass is 127. The Kier molecular flexibility index (Phi) is 10.5. The number of hydrogen-bond donors (Lipinski definition) is 1. The number of hydrogen-bond acceptors (Lipinski definition) is 3. The van der Waals surface area contributed by atoms with Gasteiger partial charge in [-0.2, -0.15) is 0 Å². The molecule has 27 heavy (non-hydrogen) atoms. The summed E-state index contributed by atoms with van der Waals surface area (Å²) >= 11 is 0. The maximum Gasteiger partial charge on any atom is 0.194 e. The van der Waals surface area contributed by atoms with Crippen molar-refractivity contribution in [2.24, 2.45) is 12.0 Å². The van der Waals surface area contributed by atoms with E-state index in [-0.39, 0.29) is 30.0 Å². The number of aryl methyl sites for hydroxylation is 1. The van der Waals surface area contributed by atoms with Crippen LogP contribution in [0.4, 0.5) is 0 Å². The lowest BCUT2D eigenvalue weighted by Crippen LogP contribution is -2.40. The van der Waals surface area contributed by atoms with E-state index in [1.165, 1.54) is 5.69 Å². The van der Waals surface area contributed by atoms with Crippen molar-refractivity contribution in [1.82, 2.24) is 19.7 Å². The molecular weight excluding hydrogens is 453 g/mol. The second kappa shape index (κ2) is 12.1. The number of nitrogens with one attached hydrogen (secondary N) is 1. The summed E-state index contributed by atoms with van der Waals surface area (Å²) in [7, 11) is 4.15. The summed E-state index contributed by atoms with van der Waals surface area (Å²) in [6, 6.07) is 8.35. The van der Waals surface area contributed by atoms with Crippen molar-refractivity contribution in [3.05, 3.63) is 48.2 Å². The molecule has 2 aromatic rings. The Morgan fingerprint density at radius 1 is 1.22 bits per heavy atom. The second-order valence-corrected chi connectivity index (χ2v) is 6.41. The molecule has 152 valence electrons. The highest BCUT2D eigenvalue weighted by Crippen LogP contribution is 2.21. The van der Waals surface area contributed by atoms with Gasteiger partial charge in [0.1, 0.15) is 5.76 Å². The van der Waals surface area contributed by atoms with Gasteiger partial charge in [0.2, 0.25) is 0 Å². The quantitative estimate of drug-likeness (QED) is 0.333. The molecule has 2 heterocycles. The topological polar surface area (TPSA) is 48.9 Å². The van der Waals surface area contributed by atoms with Gasteiger partial charge in [-0.15, -0.1) is 24.0 Å². The van der Waals surface area contributed by atoms with Gasteiger partial charge in [0.25, 0.3) is 0 Å². The molecule has 0 saturated heterocycles. The van der Waals surface area contributed by atoms with Crippen molar-refractivity contribution >= 4 is 29.9 Å². The third-order valence-corrected chi connectivity index (χ3v) is 4.69. The Bertz CT molecular complexity index is 664. The Morgan fingerprint density at radius 2 is 1.96 bits per heavy atom. The van der Waals surface area contributed by atoms with E-state index in [9.17, 15) is 0 Å². The summed E-state index contributed by atoms with van der Waals surface area (Å²) in [5.74, 6) is 1.88. The molecule has 2 aromatic heterocycles. The zero-order valence-corrected chi connectivity index (χ0v) is 19.5. The molecule has 1 unspecified atom stereocenters. The fourth-order valence-corrected chi connectivity index (χ4v) is 3.15. The van der Waals surface area contributed by atoms with Gasteiger partial charge in [-0.3, -0.25) is 9.89 Å². The van der Waals surface area contributed by atoms with Crippen molar-refractivity contribution in [2.75, 3.05) is 33.2 Å². The Balaban J connectivity index is 0.00000364. The van der Waals surface area contributed by atoms with E-state index in [0.29, 0.717) is 6.54 Å². The first-order chi connectivity index (χ1) is 12.6. The highest BCUT2D eigenvalue weighted by Gasteiger charge is 2.21. The summed E-state index contributed by atoms with van der Waals surface area (Å²) < 4.78 is 7.83. The third-order valence-electron chi connectivity index (χ3n) is 4.69. The van der Waals surface area contributed by atoms with E-state index in [4.69, 9.17) is 9.41 Å². The number of furan rings is 1. The Hall–Kier alpha value is -1.48. The van der Waals surface area contributed by atoms with E-state index >= 15 is 0 Å². The van der Waals surface area contributed by atoms with Crippen molar-refractivity contribution in [1.29, 1.82) is 0 Å². The van der Waals surface area contributed by atoms with Crippen molar-refractivity contribution in [3.8, 4) is 0 Å². The fraction of sp³-hybridized carbons (Fsp3) is 0.550. The Labute approximate surface area is 180 Å². The van der Waals surface area contributed by atoms with Crippen LogP contribution in [0.3, 0.4) is 0 Å². The average molecular weight is 487 g/mol. The van der Waals surface area contributed by atoms with E-state index in [1.54, 1.807) is 6.26 Å². The monoisotopic (exact) mass is 487 g/mol. The first kappa shape index (κ1) is 23.6. The van der Waals surface area contributed by atoms with Crippen molar-refractivity contribution in [3.63, 3.8) is 0 Å². The lowest BCUT2D eigenvalue weighted by atomic mass is 10.2. The summed E-state index contributed by atoms with van der Waals surface area (Å²) in [6.45, 7) is 10.7. The summed E-state index contributed by atoms with van der Waals surface area (Å²) in [4.78, 5) is 9.46. The van der Waals surface area contributed by atoms with Crippen LogP contribution in [0.1, 0.15) is 38.3 Å². The molecule has 0 bridgehead atoms. The minimum absolute atomic E-state index is 0. The first-order valence-corrected chi connectivity index (χ1v) is 9.47. The van der Waals surface area contributed by atoms with Gasteiger partial charge in [-0.05, 0) is 44.3 Å². The molecule has 0 amide bonds. The highest BCUT2D eigenvalue weighted by molar-refractivity contribution is 14.0. The molecule has 6 nitrogen and oxygen atoms in total. The molecule has 0 radical (unpaired) electrons. The van der Waals surface area contributed by atoms with Crippen molar-refractivity contribution in [2.45, 2.75) is 33.4 Å². The van der Waals surface area contributed by atoms with Gasteiger partial charge < -0.3 is 19.2 Å². The number of halogens is 1. The number of aliphatic imine (C=N–C) groups is 1. The fourth-order valence-electron chi connectivity index (χ4n) is 3.15. The normalized spacial score (nSPS) is 12.7. The van der Waals surface area contributed by atoms with Crippen LogP contribution in [0.2, 0.25) is 0 Å². The minimum atomic E-state index is 0. The number of nitrogens with zero attached hydrogens (tertiary/aromatic N) is 4. The molecule has 0 aliphatic carbocycles. The van der Waals surface area contributed by atoms with Crippen LogP contribution in [0.25, 0.3) is 0 Å². The van der Waals surface area contributed by atoms with E-state index < -0.39 is 0 Å². The third kappa shape index (κ3) is 6.57. The smallest absolute Gasteiger partial charge is 0.194 e. The number of guanidine groups is 1. The standard InChI is InChI=1S/C20H33N5O.HI/c1-6-21-20(24(5)16-17-11-9-13-23(17)4)22-15-18(25(7-2)8-3)19-12-10-14-26-19;/h9-14,18H,6-8,15-16H2,1-5H3,(H,21,22);1H. The molecule has 0 aliphatic rings. The molecule has 1 N–H and O–H groups in total. The molecular formula is C20H34IN5O. The maximum atomic E-state index is 5.69. The minimum Gasteiger partial charge on any atom is -0.468 e. The molecule has 0 aromatic carbocycles. The van der Waals surface area contributed by atoms with E-state index in [2.05, 4.69) is 72.9 Å². The van der Waals surface area contributed by atoms with Crippen LogP contribution in [-0.4, -0.2) is 53.6 Å². The molecule has 0 fully saturated rings. The summed E-state index contributed by atoms with van der Waals surface area (Å²) in [5.41, 5.74) is 1.25. The van der Waals surface area contributed by atoms with Gasteiger partial charge in [0.15, 0.2) is 5.96 Å². The Morgan fingerprint density at radius 3 is 2.48 bits per heavy atom. The first-order valence-electron chi connectivity index (χ1n) is 9.47. The zero-order chi connectivity index (χ0) is 18.9. The molecule has 2 rings (SSSR count). The predicted octanol–water partition coefficient (Wildman–Crippen LogP) is 3.72. The molecule has 0 aliphatic heterocycles. The van der Waals surface area contributed by atoms with Gasteiger partial charge in [0.05, 0.1) is 25.4 Å². The second-order valence-electron chi connectivity index (χ2n) is 6.41. The van der Waals surface area contributed by atoms with Crippen LogP contribution in [0, 0.1) is 0 Å². The lowest BCUT2D eigenvalue weighted by molar-refractivity contribution is 0.198. The SMILES string of the molecule is CCNC(=NCC(c1ccco1)N(CC)CC)N(C)Cc1cccn1C.I. The predicted molar refractivity (Wildman–Crippen MR) is 123 cm³/mol. The molecule has 0 saturated carbocycles. The maximum absolute atomic E-state index is 5.69. The summed E-state index contributed by atoms with van der Waals surface area (Å²) in [6.07, 6.45) is 3.81. The van der Waals surface area contributed by atoms with E-state index in [0.717, 1.165) is 37.9 Å². The van der Waals surface area contributed by atoms with Crippen LogP contribution < -0.4 is 5.32 Å². The van der Waals surface area contributed by atoms with Gasteiger partial charge in [0, 0.05) is 32.5 Å². The average Bonchev–Trinajstić information content (AvgIpc) is 3.30. The van der Waals surface area contributed by atoms with Crippen LogP contribution >= 0.6 is 24.0 Å². The van der Waals surface area contributed by atoms with Gasteiger partial charge in [-0.25, -0.2) is 0 Å². The summed E-state index contributed by atoms with van der Waals surface area (Å²) in [5, 5.41) is 3.41. The zero-order valence-electron chi connectivity index (χ0n) is 17.2. The van der Waals surface area contributed by atoms with Gasteiger partial charge in [-0.1, -0.05) is 13.8 Å². The molecule has 7 heteroatoms. The van der Waals surface area contributed by atoms with Crippen LogP contribution in [0.5, 0.6) is 0 Å². The lowest BCUT2D eigenvalue weighted by Gasteiger charge is -2.28. The largest absolute Gasteiger partial charge is 0.468 e. The van der Waals surface area contributed by atoms with Crippen LogP contribution in [-0.2, 0) is 13.6 Å². The van der Waals surface area contributed by atoms with Gasteiger partial charge >= 0.3 is 0 Å². The number of likely N-dealkylation sites (N-methyl/N-ethyl adjacent to an activating group) is 1. The number of rotatable bonds is 9. The van der Waals surface area contributed by atoms with Crippen molar-refractivity contribution < 1.29 is 4.42 Å².